The van der Waals surface area contributed by atoms with Gasteiger partial charge in [-0.05, 0) is 29.7 Å². The van der Waals surface area contributed by atoms with E-state index in [-0.39, 0.29) is 17.9 Å². The molecule has 0 aromatic heterocycles. The minimum absolute atomic E-state index is 0.0487. The van der Waals surface area contributed by atoms with E-state index < -0.39 is 87.4 Å². The van der Waals surface area contributed by atoms with E-state index in [4.69, 9.17) is 10.5 Å². The zero-order valence-corrected chi connectivity index (χ0v) is 22.1. The zero-order chi connectivity index (χ0) is 29.2. The van der Waals surface area contributed by atoms with Crippen LogP contribution in [0.25, 0.3) is 5.76 Å². The van der Waals surface area contributed by atoms with Gasteiger partial charge in [-0.15, -0.1) is 0 Å². The molecule has 4 rings (SSSR count). The van der Waals surface area contributed by atoms with Crippen molar-refractivity contribution in [2.75, 3.05) is 6.61 Å². The predicted octanol–water partition coefficient (Wildman–Crippen LogP) is 1.58. The summed E-state index contributed by atoms with van der Waals surface area (Å²) < 4.78 is 4.99. The number of carbonyl (C=O) groups is 4. The molecule has 1 aromatic rings. The van der Waals surface area contributed by atoms with Crippen molar-refractivity contribution in [3.63, 3.8) is 0 Å². The molecule has 0 radical (unpaired) electrons. The Labute approximate surface area is 224 Å². The van der Waals surface area contributed by atoms with E-state index in [1.165, 1.54) is 6.92 Å². The first kappa shape index (κ1) is 28.3. The van der Waals surface area contributed by atoms with Crippen molar-refractivity contribution in [1.82, 2.24) is 0 Å². The van der Waals surface area contributed by atoms with Crippen LogP contribution in [0.3, 0.4) is 0 Å². The van der Waals surface area contributed by atoms with E-state index in [2.05, 4.69) is 0 Å². The lowest BCUT2D eigenvalue weighted by molar-refractivity contribution is -0.160. The molecule has 1 saturated carbocycles. The van der Waals surface area contributed by atoms with Gasteiger partial charge < -0.3 is 36.0 Å². The van der Waals surface area contributed by atoms with Gasteiger partial charge in [0.2, 0.25) is 5.78 Å². The molecule has 0 unspecified atom stereocenters. The zero-order valence-electron chi connectivity index (χ0n) is 22.1. The Hall–Kier alpha value is -3.70. The first-order chi connectivity index (χ1) is 18.1. The van der Waals surface area contributed by atoms with Crippen LogP contribution in [0.5, 0.6) is 5.75 Å². The number of fused-ring (bicyclic) bond motifs is 3. The van der Waals surface area contributed by atoms with Gasteiger partial charge in [-0.1, -0.05) is 32.9 Å². The summed E-state index contributed by atoms with van der Waals surface area (Å²) in [5.74, 6) is -9.30. The summed E-state index contributed by atoms with van der Waals surface area (Å²) in [4.78, 5) is 49.2. The summed E-state index contributed by atoms with van der Waals surface area (Å²) in [6, 6.07) is 3.38. The number of hydrogen-bond donors (Lipinski definition) is 6. The Kier molecular flexibility index (Phi) is 6.89. The first-order valence-electron chi connectivity index (χ1n) is 12.7. The molecule has 5 atom stereocenters. The number of benzene rings is 1. The van der Waals surface area contributed by atoms with Gasteiger partial charge in [0, 0.05) is 36.3 Å². The van der Waals surface area contributed by atoms with Gasteiger partial charge in [-0.2, -0.15) is 0 Å². The Bertz CT molecular complexity index is 1360. The molecule has 210 valence electrons. The van der Waals surface area contributed by atoms with Crippen LogP contribution < -0.4 is 5.73 Å². The molecule has 0 heterocycles. The molecule has 0 spiro atoms. The molecule has 1 amide bonds. The second kappa shape index (κ2) is 9.49. The number of phenols is 1. The molecule has 7 N–H and O–H groups in total. The van der Waals surface area contributed by atoms with Gasteiger partial charge in [-0.3, -0.25) is 19.2 Å². The third-order valence-corrected chi connectivity index (χ3v) is 8.48. The van der Waals surface area contributed by atoms with Crippen molar-refractivity contribution < 1.29 is 49.4 Å². The molecule has 1 aromatic carbocycles. The van der Waals surface area contributed by atoms with Crippen LogP contribution in [-0.4, -0.2) is 67.3 Å². The minimum Gasteiger partial charge on any atom is -0.508 e. The molecule has 11 nitrogen and oxygen atoms in total. The maximum atomic E-state index is 13.8. The Balaban J connectivity index is 1.85. The number of carbonyl (C=O) groups excluding carboxylic acids is 4. The third-order valence-electron chi connectivity index (χ3n) is 8.48. The number of primary amides is 1. The second-order valence-corrected chi connectivity index (χ2v) is 11.2. The molecule has 3 aliphatic carbocycles. The van der Waals surface area contributed by atoms with Gasteiger partial charge in [0.15, 0.2) is 11.4 Å². The number of rotatable bonds is 6. The van der Waals surface area contributed by atoms with Crippen molar-refractivity contribution in [3.8, 4) is 5.75 Å². The quantitative estimate of drug-likeness (QED) is 0.173. The Morgan fingerprint density at radius 3 is 2.41 bits per heavy atom. The van der Waals surface area contributed by atoms with Crippen LogP contribution in [0.15, 0.2) is 29.0 Å². The highest BCUT2D eigenvalue weighted by Gasteiger charge is 2.65. The number of ether oxygens (including phenoxy) is 1. The number of Topliss-reactive ketones (excluding diaryl/α,β-unsaturated/α-hetero) is 2. The fourth-order valence-electron chi connectivity index (χ4n) is 6.41. The number of amides is 1. The predicted molar refractivity (Wildman–Crippen MR) is 136 cm³/mol. The standard InChI is InChI=1S/C28H33NO10/c1-11-13-6-7-14(27(3,4)8-5-9-39-12(2)30)21(32)18(13)23(34)20-17(11)22(33)15-10-16(31)19(26(29)37)24(35)28(15,38)25(20)36/h6-7,11,15,17,22,32-35,38H,5,8-10H2,1-4H3,(H2,29,37)/t11-,15+,17+,22+,28+/m0/s1. The van der Waals surface area contributed by atoms with E-state index in [1.807, 2.05) is 13.8 Å². The van der Waals surface area contributed by atoms with Crippen molar-refractivity contribution in [3.05, 3.63) is 45.7 Å². The van der Waals surface area contributed by atoms with Gasteiger partial charge in [0.05, 0.1) is 18.3 Å². The number of aliphatic hydroxyl groups excluding tert-OH is 3. The van der Waals surface area contributed by atoms with Crippen LogP contribution in [-0.2, 0) is 29.3 Å². The lowest BCUT2D eigenvalue weighted by atomic mass is 9.55. The number of aliphatic hydroxyl groups is 4. The largest absolute Gasteiger partial charge is 0.508 e. The van der Waals surface area contributed by atoms with Crippen LogP contribution in [0.1, 0.15) is 69.6 Å². The molecule has 0 aliphatic heterocycles. The van der Waals surface area contributed by atoms with Gasteiger partial charge >= 0.3 is 5.97 Å². The number of esters is 1. The smallest absolute Gasteiger partial charge is 0.302 e. The summed E-state index contributed by atoms with van der Waals surface area (Å²) in [5.41, 5.74) is 1.16. The highest BCUT2D eigenvalue weighted by Crippen LogP contribution is 2.56. The maximum Gasteiger partial charge on any atom is 0.302 e. The van der Waals surface area contributed by atoms with Crippen LogP contribution in [0.2, 0.25) is 0 Å². The Morgan fingerprint density at radius 2 is 1.82 bits per heavy atom. The third kappa shape index (κ3) is 4.11. The van der Waals surface area contributed by atoms with Crippen LogP contribution in [0.4, 0.5) is 0 Å². The average molecular weight is 544 g/mol. The van der Waals surface area contributed by atoms with Crippen molar-refractivity contribution in [2.24, 2.45) is 17.6 Å². The number of ketones is 2. The minimum atomic E-state index is -2.88. The van der Waals surface area contributed by atoms with Crippen molar-refractivity contribution >= 4 is 29.2 Å². The molecule has 11 heteroatoms. The van der Waals surface area contributed by atoms with E-state index in [0.717, 1.165) is 0 Å². The monoisotopic (exact) mass is 543 g/mol. The Morgan fingerprint density at radius 1 is 1.18 bits per heavy atom. The molecule has 0 bridgehead atoms. The summed E-state index contributed by atoms with van der Waals surface area (Å²) in [6.07, 6.45) is -1.20. The first-order valence-corrected chi connectivity index (χ1v) is 12.7. The molecular formula is C28H33NO10. The molecule has 3 aliphatic rings. The van der Waals surface area contributed by atoms with E-state index in [0.29, 0.717) is 24.0 Å². The number of aromatic hydroxyl groups is 1. The molecule has 1 fully saturated rings. The summed E-state index contributed by atoms with van der Waals surface area (Å²) >= 11 is 0. The highest BCUT2D eigenvalue weighted by atomic mass is 16.5. The van der Waals surface area contributed by atoms with E-state index >= 15 is 0 Å². The lowest BCUT2D eigenvalue weighted by Crippen LogP contribution is -2.63. The van der Waals surface area contributed by atoms with Crippen molar-refractivity contribution in [2.45, 2.75) is 70.0 Å². The van der Waals surface area contributed by atoms with Gasteiger partial charge in [0.1, 0.15) is 22.8 Å². The summed E-state index contributed by atoms with van der Waals surface area (Å²) in [7, 11) is 0. The SMILES string of the molecule is CC(=O)OCCCC(C)(C)c1ccc2c(c1O)C(O)=C1C(=O)[C@]3(O)C(O)=C(C(N)=O)C(=O)C[C@@H]3[C@@H](O)[C@@H]1[C@H]2C. The van der Waals surface area contributed by atoms with Gasteiger partial charge in [0.25, 0.3) is 5.91 Å². The van der Waals surface area contributed by atoms with E-state index in [1.54, 1.807) is 19.1 Å². The van der Waals surface area contributed by atoms with Crippen molar-refractivity contribution in [1.29, 1.82) is 0 Å². The molecule has 0 saturated heterocycles. The topological polar surface area (TPSA) is 205 Å². The average Bonchev–Trinajstić information content (AvgIpc) is 2.84. The molecule has 39 heavy (non-hydrogen) atoms. The summed E-state index contributed by atoms with van der Waals surface area (Å²) in [6.45, 7) is 6.89. The maximum absolute atomic E-state index is 13.8. The number of hydrogen-bond acceptors (Lipinski definition) is 10. The summed E-state index contributed by atoms with van der Waals surface area (Å²) in [5, 5.41) is 56.2. The number of nitrogens with two attached hydrogens (primary N) is 1. The lowest BCUT2D eigenvalue weighted by Gasteiger charge is -2.50. The normalized spacial score (nSPS) is 28.6. The fraction of sp³-hybridized carbons (Fsp3) is 0.500. The van der Waals surface area contributed by atoms with Crippen LogP contribution >= 0.6 is 0 Å². The molecular weight excluding hydrogens is 510 g/mol. The highest BCUT2D eigenvalue weighted by molar-refractivity contribution is 6.23. The fourth-order valence-corrected chi connectivity index (χ4v) is 6.41. The number of phenolic OH excluding ortho intramolecular Hbond substituents is 1. The van der Waals surface area contributed by atoms with E-state index in [9.17, 15) is 44.7 Å². The van der Waals surface area contributed by atoms with Gasteiger partial charge in [-0.25, -0.2) is 0 Å². The second-order valence-electron chi connectivity index (χ2n) is 11.2. The van der Waals surface area contributed by atoms with Crippen LogP contribution in [0, 0.1) is 11.8 Å².